The molecule has 3 aromatic carbocycles. The molecule has 1 aliphatic rings. The van der Waals surface area contributed by atoms with Crippen molar-refractivity contribution in [3.63, 3.8) is 0 Å². The van der Waals surface area contributed by atoms with Crippen LogP contribution in [0.2, 0.25) is 0 Å². The third-order valence-corrected chi connectivity index (χ3v) is 7.31. The van der Waals surface area contributed by atoms with Crippen molar-refractivity contribution >= 4 is 29.5 Å². The molecule has 0 saturated carbocycles. The third kappa shape index (κ3) is 6.88. The zero-order valence-electron chi connectivity index (χ0n) is 22.0. The summed E-state index contributed by atoms with van der Waals surface area (Å²) in [6, 6.07) is 24.3. The number of rotatable bonds is 8. The first kappa shape index (κ1) is 28.4. The number of carbonyl (C=O) groups is 1. The summed E-state index contributed by atoms with van der Waals surface area (Å²) in [5.74, 6) is -0.260. The minimum Gasteiger partial charge on any atom is -0.448 e. The van der Waals surface area contributed by atoms with Crippen molar-refractivity contribution in [2.75, 3.05) is 19.7 Å². The second-order valence-electron chi connectivity index (χ2n) is 9.98. The summed E-state index contributed by atoms with van der Waals surface area (Å²) < 4.78 is 21.0. The number of benzene rings is 3. The van der Waals surface area contributed by atoms with Crippen molar-refractivity contribution in [2.24, 2.45) is 0 Å². The fourth-order valence-electron chi connectivity index (χ4n) is 5.14. The van der Waals surface area contributed by atoms with E-state index < -0.39 is 0 Å². The van der Waals surface area contributed by atoms with Crippen LogP contribution in [0.25, 0.3) is 11.0 Å². The van der Waals surface area contributed by atoms with Crippen LogP contribution in [0.1, 0.15) is 36.9 Å². The summed E-state index contributed by atoms with van der Waals surface area (Å²) >= 11 is 0. The summed E-state index contributed by atoms with van der Waals surface area (Å²) in [7, 11) is 0. The van der Waals surface area contributed by atoms with Crippen molar-refractivity contribution in [1.29, 1.82) is 0 Å². The fourth-order valence-corrected chi connectivity index (χ4v) is 5.14. The normalized spacial score (nSPS) is 14.8. The number of H-pyrrole nitrogens is 1. The van der Waals surface area contributed by atoms with Gasteiger partial charge in [0.1, 0.15) is 12.4 Å². The smallest absolute Gasteiger partial charge is 0.409 e. The van der Waals surface area contributed by atoms with Gasteiger partial charge in [-0.2, -0.15) is 0 Å². The maximum Gasteiger partial charge on any atom is 0.409 e. The van der Waals surface area contributed by atoms with Gasteiger partial charge in [0, 0.05) is 38.3 Å². The van der Waals surface area contributed by atoms with Crippen LogP contribution < -0.4 is 5.69 Å². The van der Waals surface area contributed by atoms with Crippen molar-refractivity contribution < 1.29 is 13.9 Å². The molecular formula is C30H34ClFN4O3. The lowest BCUT2D eigenvalue weighted by atomic mass is 10.0. The minimum absolute atomic E-state index is 0. The number of hydrogen-bond acceptors (Lipinski definition) is 4. The number of para-hydroxylation sites is 2. The predicted octanol–water partition coefficient (Wildman–Crippen LogP) is 5.75. The van der Waals surface area contributed by atoms with Gasteiger partial charge in [-0.05, 0) is 55.2 Å². The standard InChI is InChI=1S/C30H33FN4O3.ClH/c1-22(34(19-23-7-3-2-4-8-23)20-24-11-13-25(31)14-12-24)21-38-30(37)33-17-15-26(16-18-33)35-28-10-6-5-9-27(28)32-29(35)36;/h2-14,22,26H,15-21H2,1H3,(H,32,36);1H. The molecule has 0 bridgehead atoms. The Hall–Kier alpha value is -3.62. The summed E-state index contributed by atoms with van der Waals surface area (Å²) in [4.78, 5) is 32.3. The lowest BCUT2D eigenvalue weighted by Gasteiger charge is -2.33. The molecule has 1 atom stereocenters. The van der Waals surface area contributed by atoms with Crippen LogP contribution in [0.4, 0.5) is 9.18 Å². The number of piperidine rings is 1. The van der Waals surface area contributed by atoms with E-state index >= 15 is 0 Å². The number of ether oxygens (including phenoxy) is 1. The quantitative estimate of drug-likeness (QED) is 0.302. The Kier molecular flexibility index (Phi) is 9.43. The van der Waals surface area contributed by atoms with Crippen LogP contribution in [0.3, 0.4) is 0 Å². The number of likely N-dealkylation sites (tertiary alicyclic amines) is 1. The molecule has 2 heterocycles. The van der Waals surface area contributed by atoms with E-state index in [0.29, 0.717) is 39.0 Å². The van der Waals surface area contributed by atoms with Gasteiger partial charge in [-0.15, -0.1) is 12.4 Å². The zero-order chi connectivity index (χ0) is 26.5. The van der Waals surface area contributed by atoms with Crippen LogP contribution in [0.5, 0.6) is 0 Å². The topological polar surface area (TPSA) is 70.6 Å². The van der Waals surface area contributed by atoms with Gasteiger partial charge in [-0.3, -0.25) is 9.47 Å². The van der Waals surface area contributed by atoms with E-state index in [-0.39, 0.29) is 48.7 Å². The molecule has 9 heteroatoms. The number of imidazole rings is 1. The zero-order valence-corrected chi connectivity index (χ0v) is 22.8. The van der Waals surface area contributed by atoms with Gasteiger partial charge in [-0.1, -0.05) is 54.6 Å². The fraction of sp³-hybridized carbons (Fsp3) is 0.333. The maximum atomic E-state index is 13.4. The summed E-state index contributed by atoms with van der Waals surface area (Å²) in [6.07, 6.45) is 1.05. The van der Waals surface area contributed by atoms with E-state index in [9.17, 15) is 14.0 Å². The number of amides is 1. The first-order chi connectivity index (χ1) is 18.5. The largest absolute Gasteiger partial charge is 0.448 e. The predicted molar refractivity (Wildman–Crippen MR) is 153 cm³/mol. The number of aromatic nitrogens is 2. The number of fused-ring (bicyclic) bond motifs is 1. The second-order valence-corrected chi connectivity index (χ2v) is 9.98. The van der Waals surface area contributed by atoms with Crippen molar-refractivity contribution in [3.8, 4) is 0 Å². The van der Waals surface area contributed by atoms with Crippen molar-refractivity contribution in [3.05, 3.63) is 106 Å². The van der Waals surface area contributed by atoms with Crippen molar-refractivity contribution in [1.82, 2.24) is 19.4 Å². The number of nitrogens with one attached hydrogen (secondary N) is 1. The highest BCUT2D eigenvalue weighted by molar-refractivity contribution is 5.85. The Labute approximate surface area is 233 Å². The molecule has 1 N–H and O–H groups in total. The van der Waals surface area contributed by atoms with Gasteiger partial charge in [0.25, 0.3) is 0 Å². The minimum atomic E-state index is -0.331. The van der Waals surface area contributed by atoms with Crippen LogP contribution in [-0.4, -0.2) is 51.2 Å². The first-order valence-electron chi connectivity index (χ1n) is 13.1. The van der Waals surface area contributed by atoms with Crippen LogP contribution >= 0.6 is 12.4 Å². The molecule has 1 aliphatic heterocycles. The maximum absolute atomic E-state index is 13.4. The van der Waals surface area contributed by atoms with Crippen LogP contribution in [0.15, 0.2) is 83.7 Å². The SMILES string of the molecule is CC(COC(=O)N1CCC(n2c(=O)[nH]c3ccccc32)CC1)N(Cc1ccccc1)Cc1ccc(F)cc1.Cl. The number of nitrogens with zero attached hydrogens (tertiary/aromatic N) is 3. The number of aromatic amines is 1. The lowest BCUT2D eigenvalue weighted by molar-refractivity contribution is 0.0567. The molecule has 1 aromatic heterocycles. The highest BCUT2D eigenvalue weighted by Crippen LogP contribution is 2.25. The molecule has 206 valence electrons. The highest BCUT2D eigenvalue weighted by Gasteiger charge is 2.27. The van der Waals surface area contributed by atoms with E-state index in [1.54, 1.807) is 17.0 Å². The molecule has 0 spiro atoms. The average molecular weight is 553 g/mol. The molecule has 0 radical (unpaired) electrons. The number of halogens is 2. The summed E-state index contributed by atoms with van der Waals surface area (Å²) in [5, 5.41) is 0. The Morgan fingerprint density at radius 1 is 0.974 bits per heavy atom. The number of hydrogen-bond donors (Lipinski definition) is 1. The Bertz CT molecular complexity index is 1420. The Balaban J connectivity index is 0.00000353. The van der Waals surface area contributed by atoms with E-state index in [1.165, 1.54) is 12.1 Å². The van der Waals surface area contributed by atoms with Crippen LogP contribution in [0, 0.1) is 5.82 Å². The monoisotopic (exact) mass is 552 g/mol. The summed E-state index contributed by atoms with van der Waals surface area (Å²) in [5.41, 5.74) is 3.76. The molecule has 7 nitrogen and oxygen atoms in total. The van der Waals surface area contributed by atoms with Crippen LogP contribution in [-0.2, 0) is 17.8 Å². The van der Waals surface area contributed by atoms with E-state index in [0.717, 1.165) is 22.2 Å². The Morgan fingerprint density at radius 3 is 2.28 bits per heavy atom. The molecular weight excluding hydrogens is 519 g/mol. The van der Waals surface area contributed by atoms with Gasteiger partial charge >= 0.3 is 11.8 Å². The molecule has 1 amide bonds. The molecule has 1 unspecified atom stereocenters. The second kappa shape index (κ2) is 13.0. The lowest BCUT2D eigenvalue weighted by Crippen LogP contribution is -2.42. The van der Waals surface area contributed by atoms with E-state index in [1.807, 2.05) is 54.0 Å². The van der Waals surface area contributed by atoms with E-state index in [2.05, 4.69) is 22.0 Å². The molecule has 4 aromatic rings. The first-order valence-corrected chi connectivity index (χ1v) is 13.1. The van der Waals surface area contributed by atoms with Gasteiger partial charge in [0.05, 0.1) is 11.0 Å². The molecule has 39 heavy (non-hydrogen) atoms. The average Bonchev–Trinajstić information content (AvgIpc) is 3.28. The van der Waals surface area contributed by atoms with E-state index in [4.69, 9.17) is 4.74 Å². The molecule has 0 aliphatic carbocycles. The summed E-state index contributed by atoms with van der Waals surface area (Å²) in [6.45, 7) is 4.64. The molecule has 1 fully saturated rings. The van der Waals surface area contributed by atoms with Gasteiger partial charge in [-0.25, -0.2) is 14.0 Å². The molecule has 5 rings (SSSR count). The van der Waals surface area contributed by atoms with Gasteiger partial charge < -0.3 is 14.6 Å². The molecule has 1 saturated heterocycles. The highest BCUT2D eigenvalue weighted by atomic mass is 35.5. The Morgan fingerprint density at radius 2 is 1.59 bits per heavy atom. The van der Waals surface area contributed by atoms with Gasteiger partial charge in [0.15, 0.2) is 0 Å². The number of carbonyl (C=O) groups excluding carboxylic acids is 1. The third-order valence-electron chi connectivity index (χ3n) is 7.31. The van der Waals surface area contributed by atoms with Gasteiger partial charge in [0.2, 0.25) is 0 Å². The van der Waals surface area contributed by atoms with Crippen molar-refractivity contribution in [2.45, 2.75) is 44.9 Å².